The van der Waals surface area contributed by atoms with Crippen molar-refractivity contribution in [2.45, 2.75) is 19.4 Å². The summed E-state index contributed by atoms with van der Waals surface area (Å²) in [5.41, 5.74) is 6.17. The van der Waals surface area contributed by atoms with Crippen LogP contribution in [0.25, 0.3) is 0 Å². The van der Waals surface area contributed by atoms with E-state index in [1.807, 2.05) is 6.07 Å². The first-order valence-corrected chi connectivity index (χ1v) is 8.38. The number of carboxylic acid groups (broad SMARTS) is 2. The number of rotatable bonds is 7. The number of nitrogens with zero attached hydrogens (tertiary/aromatic N) is 2. The van der Waals surface area contributed by atoms with Crippen molar-refractivity contribution in [2.75, 3.05) is 6.54 Å². The summed E-state index contributed by atoms with van der Waals surface area (Å²) in [7, 11) is 0. The maximum absolute atomic E-state index is 13.4. The fourth-order valence-electron chi connectivity index (χ4n) is 1.97. The van der Waals surface area contributed by atoms with Gasteiger partial charge in [0.2, 0.25) is 0 Å². The molecule has 0 fully saturated rings. The number of ether oxygens (including phenoxy) is 1. The van der Waals surface area contributed by atoms with Gasteiger partial charge < -0.3 is 25.2 Å². The van der Waals surface area contributed by atoms with E-state index >= 15 is 0 Å². The van der Waals surface area contributed by atoms with Crippen LogP contribution in [0.3, 0.4) is 0 Å². The Labute approximate surface area is 169 Å². The number of nitriles is 1. The Morgan fingerprint density at radius 2 is 2.00 bits per heavy atom. The Kier molecular flexibility index (Phi) is 9.31. The standard InChI is InChI=1S/C14H13ClFN3O2.C4H4O4/c1-8-4-12(19-21-8)13(2-3-17)20-14-6-10(15)11(16)5-9(14)7-18;5-3(6)1-2-4(7)8/h4-6,13H,2-3,17H2,1H3;1-2H,(H,5,6)(H,7,8)/b;2-1+/t13-;/m1./s1. The highest BCUT2D eigenvalue weighted by Crippen LogP contribution is 2.31. The molecule has 0 radical (unpaired) electrons. The molecule has 9 nitrogen and oxygen atoms in total. The molecular formula is C18H17ClFN3O6. The quantitative estimate of drug-likeness (QED) is 0.566. The maximum atomic E-state index is 13.4. The lowest BCUT2D eigenvalue weighted by atomic mass is 10.1. The average Bonchev–Trinajstić information content (AvgIpc) is 3.09. The summed E-state index contributed by atoms with van der Waals surface area (Å²) in [6.07, 6.45) is 1.08. The third-order valence-corrected chi connectivity index (χ3v) is 3.48. The molecule has 0 spiro atoms. The monoisotopic (exact) mass is 425 g/mol. The minimum Gasteiger partial charge on any atom is -0.482 e. The SMILES string of the molecule is Cc1cc([C@@H](CCN)Oc2cc(Cl)c(F)cc2C#N)no1.O=C(O)/C=C/C(=O)O. The van der Waals surface area contributed by atoms with E-state index in [0.717, 1.165) is 6.07 Å². The summed E-state index contributed by atoms with van der Waals surface area (Å²) in [6.45, 7) is 2.11. The van der Waals surface area contributed by atoms with E-state index in [1.54, 1.807) is 13.0 Å². The molecule has 0 unspecified atom stereocenters. The van der Waals surface area contributed by atoms with E-state index in [9.17, 15) is 14.0 Å². The first-order valence-electron chi connectivity index (χ1n) is 8.01. The Bertz CT molecular complexity index is 922. The van der Waals surface area contributed by atoms with E-state index < -0.39 is 23.9 Å². The van der Waals surface area contributed by atoms with Crippen molar-refractivity contribution in [1.82, 2.24) is 5.16 Å². The molecule has 2 rings (SSSR count). The van der Waals surface area contributed by atoms with Crippen LogP contribution < -0.4 is 10.5 Å². The second-order valence-electron chi connectivity index (χ2n) is 5.43. The molecular weight excluding hydrogens is 409 g/mol. The van der Waals surface area contributed by atoms with E-state index in [1.165, 1.54) is 6.07 Å². The molecule has 0 amide bonds. The predicted octanol–water partition coefficient (Wildman–Crippen LogP) is 2.83. The van der Waals surface area contributed by atoms with Crippen LogP contribution in [0.2, 0.25) is 5.02 Å². The van der Waals surface area contributed by atoms with Gasteiger partial charge in [0.25, 0.3) is 0 Å². The van der Waals surface area contributed by atoms with Gasteiger partial charge in [0.15, 0.2) is 0 Å². The second kappa shape index (κ2) is 11.4. The van der Waals surface area contributed by atoms with Gasteiger partial charge in [-0.05, 0) is 19.5 Å². The Balaban J connectivity index is 0.000000447. The number of carboxylic acids is 2. The van der Waals surface area contributed by atoms with E-state index in [4.69, 9.17) is 42.1 Å². The molecule has 0 saturated heterocycles. The first kappa shape index (κ1) is 23.6. The van der Waals surface area contributed by atoms with Gasteiger partial charge in [0, 0.05) is 30.7 Å². The number of halogens is 2. The number of hydrogen-bond acceptors (Lipinski definition) is 7. The number of hydrogen-bond donors (Lipinski definition) is 3. The Morgan fingerprint density at radius 1 is 1.38 bits per heavy atom. The summed E-state index contributed by atoms with van der Waals surface area (Å²) in [4.78, 5) is 19.1. The van der Waals surface area contributed by atoms with Gasteiger partial charge in [-0.2, -0.15) is 5.26 Å². The van der Waals surface area contributed by atoms with Crippen LogP contribution in [-0.2, 0) is 9.59 Å². The summed E-state index contributed by atoms with van der Waals surface area (Å²) >= 11 is 5.73. The third kappa shape index (κ3) is 8.00. The molecule has 0 aliphatic rings. The number of aromatic nitrogens is 1. The van der Waals surface area contributed by atoms with Gasteiger partial charge in [-0.3, -0.25) is 0 Å². The molecule has 0 aliphatic carbocycles. The molecule has 0 saturated carbocycles. The van der Waals surface area contributed by atoms with Gasteiger partial charge in [-0.1, -0.05) is 16.8 Å². The summed E-state index contributed by atoms with van der Waals surface area (Å²) in [5, 5.41) is 28.4. The second-order valence-corrected chi connectivity index (χ2v) is 5.84. The van der Waals surface area contributed by atoms with Crippen LogP contribution in [0.1, 0.15) is 29.5 Å². The molecule has 29 heavy (non-hydrogen) atoms. The molecule has 1 aromatic carbocycles. The van der Waals surface area contributed by atoms with Gasteiger partial charge in [-0.25, -0.2) is 14.0 Å². The normalized spacial score (nSPS) is 11.3. The Morgan fingerprint density at radius 3 is 2.45 bits per heavy atom. The highest BCUT2D eigenvalue weighted by Gasteiger charge is 2.20. The van der Waals surface area contributed by atoms with Crippen molar-refractivity contribution in [2.24, 2.45) is 5.73 Å². The summed E-state index contributed by atoms with van der Waals surface area (Å²) in [5.74, 6) is -2.37. The topological polar surface area (TPSA) is 160 Å². The molecule has 4 N–H and O–H groups in total. The molecule has 1 aromatic heterocycles. The minimum absolute atomic E-state index is 0.0548. The zero-order valence-electron chi connectivity index (χ0n) is 15.1. The molecule has 1 atom stereocenters. The number of aliphatic carboxylic acids is 2. The predicted molar refractivity (Wildman–Crippen MR) is 98.8 cm³/mol. The highest BCUT2D eigenvalue weighted by atomic mass is 35.5. The lowest BCUT2D eigenvalue weighted by Crippen LogP contribution is -2.14. The van der Waals surface area contributed by atoms with Crippen LogP contribution in [-0.4, -0.2) is 33.9 Å². The molecule has 11 heteroatoms. The van der Waals surface area contributed by atoms with Crippen molar-refractivity contribution in [1.29, 1.82) is 5.26 Å². The Hall–Kier alpha value is -3.42. The van der Waals surface area contributed by atoms with Gasteiger partial charge >= 0.3 is 11.9 Å². The zero-order chi connectivity index (χ0) is 22.0. The zero-order valence-corrected chi connectivity index (χ0v) is 15.9. The van der Waals surface area contributed by atoms with E-state index in [2.05, 4.69) is 5.16 Å². The van der Waals surface area contributed by atoms with Crippen LogP contribution in [0.5, 0.6) is 5.75 Å². The lowest BCUT2D eigenvalue weighted by molar-refractivity contribution is -0.134. The van der Waals surface area contributed by atoms with Crippen molar-refractivity contribution in [3.05, 3.63) is 58.2 Å². The molecule has 0 aliphatic heterocycles. The maximum Gasteiger partial charge on any atom is 0.328 e. The van der Waals surface area contributed by atoms with Crippen molar-refractivity contribution in [3.63, 3.8) is 0 Å². The molecule has 154 valence electrons. The highest BCUT2D eigenvalue weighted by molar-refractivity contribution is 6.30. The first-order chi connectivity index (χ1) is 13.7. The number of benzene rings is 1. The fraction of sp³-hybridized carbons (Fsp3) is 0.222. The van der Waals surface area contributed by atoms with Crippen molar-refractivity contribution >= 4 is 23.5 Å². The van der Waals surface area contributed by atoms with E-state index in [0.29, 0.717) is 36.6 Å². The van der Waals surface area contributed by atoms with Crippen LogP contribution >= 0.6 is 11.6 Å². The largest absolute Gasteiger partial charge is 0.482 e. The van der Waals surface area contributed by atoms with Gasteiger partial charge in [-0.15, -0.1) is 0 Å². The van der Waals surface area contributed by atoms with Crippen LogP contribution in [0.15, 0.2) is 34.9 Å². The van der Waals surface area contributed by atoms with Gasteiger partial charge in [0.1, 0.15) is 35.2 Å². The van der Waals surface area contributed by atoms with Crippen LogP contribution in [0, 0.1) is 24.1 Å². The summed E-state index contributed by atoms with van der Waals surface area (Å²) in [6, 6.07) is 5.89. The summed E-state index contributed by atoms with van der Waals surface area (Å²) < 4.78 is 24.1. The van der Waals surface area contributed by atoms with Crippen LogP contribution in [0.4, 0.5) is 4.39 Å². The average molecular weight is 426 g/mol. The third-order valence-electron chi connectivity index (χ3n) is 3.19. The van der Waals surface area contributed by atoms with Crippen molar-refractivity contribution in [3.8, 4) is 11.8 Å². The fourth-order valence-corrected chi connectivity index (χ4v) is 2.12. The smallest absolute Gasteiger partial charge is 0.328 e. The minimum atomic E-state index is -1.26. The number of carbonyl (C=O) groups is 2. The molecule has 1 heterocycles. The van der Waals surface area contributed by atoms with E-state index in [-0.39, 0.29) is 16.3 Å². The van der Waals surface area contributed by atoms with Gasteiger partial charge in [0.05, 0.1) is 10.6 Å². The lowest BCUT2D eigenvalue weighted by Gasteiger charge is -2.17. The molecule has 0 bridgehead atoms. The van der Waals surface area contributed by atoms with Crippen molar-refractivity contribution < 1.29 is 33.5 Å². The number of nitrogens with two attached hydrogens (primary N) is 1. The molecule has 2 aromatic rings. The number of aryl methyl sites for hydroxylation is 1.